The second-order valence-corrected chi connectivity index (χ2v) is 13.3. The van der Waals surface area contributed by atoms with Gasteiger partial charge in [-0.2, -0.15) is 5.10 Å². The van der Waals surface area contributed by atoms with E-state index in [1.165, 1.54) is 22.3 Å². The molecule has 0 N–H and O–H groups in total. The summed E-state index contributed by atoms with van der Waals surface area (Å²) in [7, 11) is -2.62. The van der Waals surface area contributed by atoms with Gasteiger partial charge in [0, 0.05) is 40.2 Å². The number of para-hydroxylation sites is 1. The number of fused-ring (bicyclic) bond motifs is 1. The zero-order chi connectivity index (χ0) is 26.3. The topological polar surface area (TPSA) is 45.4 Å². The van der Waals surface area contributed by atoms with Gasteiger partial charge in [0.1, 0.15) is 0 Å². The van der Waals surface area contributed by atoms with Crippen molar-refractivity contribution in [2.24, 2.45) is 9.85 Å². The highest BCUT2D eigenvalue weighted by Gasteiger charge is 2.44. The molecule has 38 heavy (non-hydrogen) atoms. The third-order valence-electron chi connectivity index (χ3n) is 7.26. The first-order chi connectivity index (χ1) is 18.5. The summed E-state index contributed by atoms with van der Waals surface area (Å²) in [6.45, 7) is 9.50. The van der Waals surface area contributed by atoms with Gasteiger partial charge in [-0.3, -0.25) is 0 Å². The molecule has 6 rings (SSSR count). The fraction of sp³-hybridized carbons (Fsp3) is 0.233. The van der Waals surface area contributed by atoms with Crippen molar-refractivity contribution in [2.45, 2.75) is 20.8 Å². The Morgan fingerprint density at radius 1 is 0.816 bits per heavy atom. The molecule has 0 amide bonds. The average Bonchev–Trinajstić information content (AvgIpc) is 3.21. The van der Waals surface area contributed by atoms with Crippen molar-refractivity contribution in [3.63, 3.8) is 0 Å². The van der Waals surface area contributed by atoms with E-state index in [2.05, 4.69) is 124 Å². The van der Waals surface area contributed by atoms with Gasteiger partial charge in [-0.05, 0) is 69.3 Å². The summed E-state index contributed by atoms with van der Waals surface area (Å²) < 4.78 is 19.7. The minimum Gasteiger partial charge on any atom is -0.379 e. The van der Waals surface area contributed by atoms with E-state index in [0.717, 1.165) is 40.2 Å². The third kappa shape index (κ3) is 4.28. The second-order valence-electron chi connectivity index (χ2n) is 9.68. The van der Waals surface area contributed by atoms with Crippen LogP contribution in [0, 0.1) is 20.8 Å². The number of rotatable bonds is 4. The Morgan fingerprint density at radius 2 is 1.50 bits per heavy atom. The summed E-state index contributed by atoms with van der Waals surface area (Å²) >= 11 is 3.59. The van der Waals surface area contributed by atoms with E-state index >= 15 is 0 Å². The van der Waals surface area contributed by atoms with Crippen molar-refractivity contribution in [3.8, 4) is 5.69 Å². The molecule has 0 saturated carbocycles. The smallest absolute Gasteiger partial charge is 0.179 e. The normalized spacial score (nSPS) is 19.4. The third-order valence-corrected chi connectivity index (χ3v) is 11.5. The molecule has 0 bridgehead atoms. The highest BCUT2D eigenvalue weighted by molar-refractivity contribution is 9.10. The monoisotopic (exact) mass is 587 g/mol. The van der Waals surface area contributed by atoms with Gasteiger partial charge in [-0.25, -0.2) is 14.2 Å². The van der Waals surface area contributed by atoms with Crippen LogP contribution in [0.2, 0.25) is 0 Å². The van der Waals surface area contributed by atoms with Crippen LogP contribution in [0.25, 0.3) is 5.69 Å². The molecule has 194 valence electrons. The number of hydrogen-bond acceptors (Lipinski definition) is 3. The fourth-order valence-corrected chi connectivity index (χ4v) is 9.64. The maximum Gasteiger partial charge on any atom is 0.179 e. The highest BCUT2D eigenvalue weighted by Crippen LogP contribution is 2.62. The maximum atomic E-state index is 5.84. The number of hydrogen-bond donors (Lipinski definition) is 0. The van der Waals surface area contributed by atoms with Gasteiger partial charge in [0.2, 0.25) is 0 Å². The largest absolute Gasteiger partial charge is 0.379 e. The molecule has 0 spiro atoms. The van der Waals surface area contributed by atoms with E-state index in [1.54, 1.807) is 0 Å². The van der Waals surface area contributed by atoms with E-state index in [0.29, 0.717) is 13.2 Å². The summed E-state index contributed by atoms with van der Waals surface area (Å²) in [6, 6.07) is 27.5. The lowest BCUT2D eigenvalue weighted by atomic mass is 10.2. The molecular formula is C30H31BrN5OP. The van der Waals surface area contributed by atoms with Crippen LogP contribution >= 0.6 is 23.3 Å². The molecule has 1 fully saturated rings. The Balaban J connectivity index is 1.70. The van der Waals surface area contributed by atoms with Crippen molar-refractivity contribution >= 4 is 46.2 Å². The van der Waals surface area contributed by atoms with E-state index in [4.69, 9.17) is 14.6 Å². The molecule has 0 radical (unpaired) electrons. The quantitative estimate of drug-likeness (QED) is 0.235. The van der Waals surface area contributed by atoms with Crippen molar-refractivity contribution in [1.29, 1.82) is 0 Å². The standard InChI is InChI=1S/C30H31BrN5OP/c1-22-9-15-27(16-10-22)35-23(2)29-21-32-36(28-7-5-4-6-8-28)38(30(29)24(35)3,34-17-19-37-20-18-34)33-26-13-11-25(31)12-14-26/h4-16,21H,17-20H2,1-3H3. The molecule has 8 heteroatoms. The van der Waals surface area contributed by atoms with Gasteiger partial charge in [-0.1, -0.05) is 51.8 Å². The molecule has 3 aromatic carbocycles. The van der Waals surface area contributed by atoms with E-state index in [9.17, 15) is 0 Å². The zero-order valence-electron chi connectivity index (χ0n) is 21.9. The number of nitrogens with zero attached hydrogens (tertiary/aromatic N) is 5. The predicted octanol–water partition coefficient (Wildman–Crippen LogP) is 7.34. The molecular weight excluding hydrogens is 557 g/mol. The number of aromatic nitrogens is 1. The molecule has 1 unspecified atom stereocenters. The Bertz CT molecular complexity index is 1540. The minimum atomic E-state index is -2.62. The molecule has 2 aliphatic heterocycles. The lowest BCUT2D eigenvalue weighted by molar-refractivity contribution is 0.0744. The van der Waals surface area contributed by atoms with E-state index in [1.807, 2.05) is 12.3 Å². The van der Waals surface area contributed by atoms with Gasteiger partial charge in [-0.15, -0.1) is 0 Å². The Labute approximate surface area is 232 Å². The Hall–Kier alpha value is -2.96. The summed E-state index contributed by atoms with van der Waals surface area (Å²) in [5.74, 6) is 0. The molecule has 4 aromatic rings. The number of aryl methyl sites for hydroxylation is 1. The van der Waals surface area contributed by atoms with Gasteiger partial charge < -0.3 is 9.30 Å². The summed E-state index contributed by atoms with van der Waals surface area (Å²) in [6.07, 6.45) is 2.03. The Morgan fingerprint density at radius 3 is 2.18 bits per heavy atom. The van der Waals surface area contributed by atoms with Crippen LogP contribution in [0.15, 0.2) is 93.2 Å². The van der Waals surface area contributed by atoms with Crippen LogP contribution in [0.4, 0.5) is 11.4 Å². The van der Waals surface area contributed by atoms with Crippen LogP contribution in [0.5, 0.6) is 0 Å². The van der Waals surface area contributed by atoms with Gasteiger partial charge in [0.15, 0.2) is 7.36 Å². The van der Waals surface area contributed by atoms with Gasteiger partial charge in [0.25, 0.3) is 0 Å². The first-order valence-electron chi connectivity index (χ1n) is 12.9. The SMILES string of the molecule is Cc1ccc(-n2c(C)c3c(c2C)P(=Nc2ccc(Br)cc2)(N2CCOCC2)N(c2ccccc2)N=C3)cc1. The van der Waals surface area contributed by atoms with Crippen LogP contribution in [-0.2, 0) is 4.74 Å². The molecule has 1 atom stereocenters. The molecule has 1 saturated heterocycles. The van der Waals surface area contributed by atoms with Crippen LogP contribution < -0.4 is 10.1 Å². The number of benzene rings is 3. The molecule has 6 nitrogen and oxygen atoms in total. The predicted molar refractivity (Wildman–Crippen MR) is 162 cm³/mol. The highest BCUT2D eigenvalue weighted by atomic mass is 79.9. The van der Waals surface area contributed by atoms with Crippen LogP contribution in [0.1, 0.15) is 22.5 Å². The zero-order valence-corrected chi connectivity index (χ0v) is 24.4. The van der Waals surface area contributed by atoms with Gasteiger partial charge >= 0.3 is 0 Å². The number of halogens is 1. The summed E-state index contributed by atoms with van der Waals surface area (Å²) in [5, 5.41) is 6.43. The fourth-order valence-electron chi connectivity index (χ4n) is 5.44. The number of hydrazone groups is 1. The molecule has 1 aromatic heterocycles. The number of anilines is 1. The maximum absolute atomic E-state index is 5.84. The minimum absolute atomic E-state index is 0.677. The van der Waals surface area contributed by atoms with Crippen LogP contribution in [0.3, 0.4) is 0 Å². The van der Waals surface area contributed by atoms with Crippen LogP contribution in [-0.4, -0.2) is 41.8 Å². The molecule has 0 aliphatic carbocycles. The first-order valence-corrected chi connectivity index (χ1v) is 15.3. The second kappa shape index (κ2) is 10.3. The summed E-state index contributed by atoms with van der Waals surface area (Å²) in [5.41, 5.74) is 7.93. The molecule has 3 heterocycles. The number of morpholine rings is 1. The number of ether oxygens (including phenoxy) is 1. The van der Waals surface area contributed by atoms with Crippen molar-refractivity contribution in [3.05, 3.63) is 106 Å². The average molecular weight is 588 g/mol. The van der Waals surface area contributed by atoms with Crippen molar-refractivity contribution in [1.82, 2.24) is 9.24 Å². The van der Waals surface area contributed by atoms with Crippen molar-refractivity contribution < 1.29 is 4.74 Å². The summed E-state index contributed by atoms with van der Waals surface area (Å²) in [4.78, 5) is 0. The Kier molecular flexibility index (Phi) is 6.87. The first kappa shape index (κ1) is 25.3. The lowest BCUT2D eigenvalue weighted by Crippen LogP contribution is -2.44. The van der Waals surface area contributed by atoms with E-state index in [-0.39, 0.29) is 0 Å². The van der Waals surface area contributed by atoms with Gasteiger partial charge in [0.05, 0.1) is 36.1 Å². The lowest BCUT2D eigenvalue weighted by Gasteiger charge is -2.45. The van der Waals surface area contributed by atoms with Crippen molar-refractivity contribution in [2.75, 3.05) is 31.1 Å². The molecule has 2 aliphatic rings. The van der Waals surface area contributed by atoms with E-state index < -0.39 is 7.36 Å².